The number of fused-ring (bicyclic) bond motifs is 1. The summed E-state index contributed by atoms with van der Waals surface area (Å²) in [7, 11) is 0. The molecule has 0 spiro atoms. The van der Waals surface area contributed by atoms with Crippen molar-refractivity contribution in [2.75, 3.05) is 6.79 Å². The molecule has 1 aliphatic rings. The van der Waals surface area contributed by atoms with Crippen LogP contribution < -0.4 is 14.8 Å². The van der Waals surface area contributed by atoms with Crippen molar-refractivity contribution in [3.05, 3.63) is 44.1 Å². The minimum absolute atomic E-state index is 0.301. The van der Waals surface area contributed by atoms with Crippen molar-refractivity contribution < 1.29 is 9.47 Å². The molecular formula is C15H16BrNO2S. The van der Waals surface area contributed by atoms with Crippen LogP contribution in [0.1, 0.15) is 28.3 Å². The van der Waals surface area contributed by atoms with Crippen molar-refractivity contribution in [2.24, 2.45) is 0 Å². The summed E-state index contributed by atoms with van der Waals surface area (Å²) < 4.78 is 11.8. The van der Waals surface area contributed by atoms with Crippen molar-refractivity contribution in [1.82, 2.24) is 5.32 Å². The van der Waals surface area contributed by atoms with Gasteiger partial charge in [-0.3, -0.25) is 0 Å². The lowest BCUT2D eigenvalue weighted by atomic mass is 10.2. The van der Waals surface area contributed by atoms with Crippen molar-refractivity contribution >= 4 is 27.3 Å². The molecule has 0 saturated carbocycles. The van der Waals surface area contributed by atoms with Crippen LogP contribution in [-0.4, -0.2) is 6.79 Å². The molecule has 1 aromatic heterocycles. The molecule has 20 heavy (non-hydrogen) atoms. The minimum atomic E-state index is 0.301. The highest BCUT2D eigenvalue weighted by Crippen LogP contribution is 2.40. The molecule has 1 aliphatic heterocycles. The van der Waals surface area contributed by atoms with Gasteiger partial charge in [0, 0.05) is 22.3 Å². The zero-order valence-corrected chi connectivity index (χ0v) is 13.8. The Balaban J connectivity index is 1.68. The third-order valence-corrected chi connectivity index (χ3v) is 5.06. The normalized spacial score (nSPS) is 14.6. The number of ether oxygens (including phenoxy) is 2. The van der Waals surface area contributed by atoms with Crippen LogP contribution in [0.2, 0.25) is 0 Å². The Kier molecular flexibility index (Phi) is 4.01. The maximum Gasteiger partial charge on any atom is 0.231 e. The van der Waals surface area contributed by atoms with Gasteiger partial charge < -0.3 is 14.8 Å². The minimum Gasteiger partial charge on any atom is -0.454 e. The standard InChI is InChI=1S/C15H16BrNO2S/c1-9-3-4-14(20-9)10(2)17-7-11-5-12(16)15-13(6-11)18-8-19-15/h3-6,10,17H,7-8H2,1-2H3. The van der Waals surface area contributed by atoms with Crippen LogP contribution in [0.5, 0.6) is 11.5 Å². The predicted molar refractivity (Wildman–Crippen MR) is 84.6 cm³/mol. The lowest BCUT2D eigenvalue weighted by Gasteiger charge is -2.13. The van der Waals surface area contributed by atoms with Crippen LogP contribution >= 0.6 is 27.3 Å². The quantitative estimate of drug-likeness (QED) is 0.883. The third-order valence-electron chi connectivity index (χ3n) is 3.29. The van der Waals surface area contributed by atoms with Gasteiger partial charge in [-0.25, -0.2) is 0 Å². The van der Waals surface area contributed by atoms with Crippen molar-refractivity contribution in [3.63, 3.8) is 0 Å². The molecule has 5 heteroatoms. The lowest BCUT2D eigenvalue weighted by Crippen LogP contribution is -2.17. The smallest absolute Gasteiger partial charge is 0.231 e. The Bertz CT molecular complexity index is 626. The van der Waals surface area contributed by atoms with E-state index in [0.29, 0.717) is 12.8 Å². The highest BCUT2D eigenvalue weighted by molar-refractivity contribution is 9.10. The number of hydrogen-bond donors (Lipinski definition) is 1. The van der Waals surface area contributed by atoms with E-state index in [1.165, 1.54) is 15.3 Å². The average molecular weight is 354 g/mol. The fourth-order valence-electron chi connectivity index (χ4n) is 2.18. The number of benzene rings is 1. The zero-order chi connectivity index (χ0) is 14.1. The number of thiophene rings is 1. The van der Waals surface area contributed by atoms with Gasteiger partial charge in [0.2, 0.25) is 6.79 Å². The summed E-state index contributed by atoms with van der Waals surface area (Å²) in [5.74, 6) is 1.62. The van der Waals surface area contributed by atoms with Crippen molar-refractivity contribution in [1.29, 1.82) is 0 Å². The van der Waals surface area contributed by atoms with E-state index in [9.17, 15) is 0 Å². The monoisotopic (exact) mass is 353 g/mol. The highest BCUT2D eigenvalue weighted by Gasteiger charge is 2.18. The van der Waals surface area contributed by atoms with Gasteiger partial charge >= 0.3 is 0 Å². The van der Waals surface area contributed by atoms with E-state index in [2.05, 4.69) is 53.3 Å². The fourth-order valence-corrected chi connectivity index (χ4v) is 3.69. The number of hydrogen-bond acceptors (Lipinski definition) is 4. The second-order valence-corrected chi connectivity index (χ2v) is 7.04. The van der Waals surface area contributed by atoms with E-state index in [4.69, 9.17) is 9.47 Å². The van der Waals surface area contributed by atoms with Gasteiger partial charge in [0.15, 0.2) is 11.5 Å². The first-order valence-electron chi connectivity index (χ1n) is 6.51. The molecule has 0 saturated heterocycles. The molecule has 2 heterocycles. The third kappa shape index (κ3) is 2.85. The maximum absolute atomic E-state index is 5.44. The molecule has 0 radical (unpaired) electrons. The molecule has 0 aliphatic carbocycles. The van der Waals surface area contributed by atoms with Crippen LogP contribution in [0.15, 0.2) is 28.7 Å². The first-order valence-corrected chi connectivity index (χ1v) is 8.12. The molecule has 2 aromatic rings. The molecular weight excluding hydrogens is 338 g/mol. The Labute approximate surface area is 131 Å². The van der Waals surface area contributed by atoms with Crippen LogP contribution in [0.4, 0.5) is 0 Å². The summed E-state index contributed by atoms with van der Waals surface area (Å²) >= 11 is 5.36. The first kappa shape index (κ1) is 13.9. The van der Waals surface area contributed by atoms with Gasteiger partial charge in [0.05, 0.1) is 4.47 Å². The zero-order valence-electron chi connectivity index (χ0n) is 11.4. The van der Waals surface area contributed by atoms with Crippen LogP contribution in [0.3, 0.4) is 0 Å². The van der Waals surface area contributed by atoms with Crippen LogP contribution in [-0.2, 0) is 6.54 Å². The van der Waals surface area contributed by atoms with Crippen molar-refractivity contribution in [2.45, 2.75) is 26.4 Å². The molecule has 0 bridgehead atoms. The highest BCUT2D eigenvalue weighted by atomic mass is 79.9. The molecule has 106 valence electrons. The Morgan fingerprint density at radius 2 is 2.20 bits per heavy atom. The second kappa shape index (κ2) is 5.76. The van der Waals surface area contributed by atoms with Gasteiger partial charge in [-0.15, -0.1) is 11.3 Å². The molecule has 3 rings (SSSR count). The van der Waals surface area contributed by atoms with Crippen LogP contribution in [0.25, 0.3) is 0 Å². The van der Waals surface area contributed by atoms with Gasteiger partial charge in [-0.1, -0.05) is 0 Å². The van der Waals surface area contributed by atoms with Crippen LogP contribution in [0, 0.1) is 6.92 Å². The van der Waals surface area contributed by atoms with E-state index in [1.807, 2.05) is 17.4 Å². The van der Waals surface area contributed by atoms with E-state index in [0.717, 1.165) is 22.5 Å². The fraction of sp³-hybridized carbons (Fsp3) is 0.333. The SMILES string of the molecule is Cc1ccc(C(C)NCc2cc(Br)c3c(c2)OCO3)s1. The number of aryl methyl sites for hydroxylation is 1. The average Bonchev–Trinajstić information content (AvgIpc) is 3.04. The van der Waals surface area contributed by atoms with Gasteiger partial charge in [-0.2, -0.15) is 0 Å². The first-order chi connectivity index (χ1) is 9.63. The van der Waals surface area contributed by atoms with Gasteiger partial charge in [0.1, 0.15) is 0 Å². The van der Waals surface area contributed by atoms with Gasteiger partial charge in [-0.05, 0) is 59.6 Å². The Hall–Kier alpha value is -1.04. The summed E-state index contributed by atoms with van der Waals surface area (Å²) in [6, 6.07) is 8.81. The molecule has 1 unspecified atom stereocenters. The topological polar surface area (TPSA) is 30.5 Å². The Morgan fingerprint density at radius 3 is 2.95 bits per heavy atom. The Morgan fingerprint density at radius 1 is 1.35 bits per heavy atom. The molecule has 1 atom stereocenters. The van der Waals surface area contributed by atoms with E-state index in [-0.39, 0.29) is 0 Å². The summed E-state index contributed by atoms with van der Waals surface area (Å²) in [4.78, 5) is 2.71. The van der Waals surface area contributed by atoms with Crippen molar-refractivity contribution in [3.8, 4) is 11.5 Å². The second-order valence-electron chi connectivity index (χ2n) is 4.86. The summed E-state index contributed by atoms with van der Waals surface area (Å²) in [5, 5.41) is 3.54. The molecule has 0 amide bonds. The van der Waals surface area contributed by atoms with E-state index < -0.39 is 0 Å². The number of nitrogens with one attached hydrogen (secondary N) is 1. The number of halogens is 1. The van der Waals surface area contributed by atoms with Gasteiger partial charge in [0.25, 0.3) is 0 Å². The largest absolute Gasteiger partial charge is 0.454 e. The molecule has 3 nitrogen and oxygen atoms in total. The molecule has 1 aromatic carbocycles. The molecule has 0 fully saturated rings. The summed E-state index contributed by atoms with van der Waals surface area (Å²) in [6.07, 6.45) is 0. The van der Waals surface area contributed by atoms with E-state index in [1.54, 1.807) is 0 Å². The molecule has 1 N–H and O–H groups in total. The lowest BCUT2D eigenvalue weighted by molar-refractivity contribution is 0.173. The predicted octanol–water partition coefficient (Wildman–Crippen LogP) is 4.40. The number of rotatable bonds is 4. The summed E-state index contributed by atoms with van der Waals surface area (Å²) in [5.41, 5.74) is 1.18. The van der Waals surface area contributed by atoms with E-state index >= 15 is 0 Å². The summed E-state index contributed by atoms with van der Waals surface area (Å²) in [6.45, 7) is 5.42. The maximum atomic E-state index is 5.44.